The molecule has 4 rings (SSSR count). The molecule has 2 atom stereocenters. The van der Waals surface area contributed by atoms with Crippen LogP contribution in [0.4, 0.5) is 4.39 Å². The Morgan fingerprint density at radius 1 is 1.18 bits per heavy atom. The molecule has 0 saturated carbocycles. The molecule has 0 unspecified atom stereocenters. The van der Waals surface area contributed by atoms with Crippen LogP contribution in [0, 0.1) is 11.7 Å². The van der Waals surface area contributed by atoms with E-state index in [-0.39, 0.29) is 55.0 Å². The summed E-state index contributed by atoms with van der Waals surface area (Å²) in [5.74, 6) is 0.706. The molecule has 1 heterocycles. The summed E-state index contributed by atoms with van der Waals surface area (Å²) >= 11 is 0. The number of para-hydroxylation sites is 2. The predicted octanol–water partition coefficient (Wildman–Crippen LogP) is 6.50. The topological polar surface area (TPSA) is 67.5 Å². The molecule has 0 spiro atoms. The second-order valence-corrected chi connectivity index (χ2v) is 10.7. The summed E-state index contributed by atoms with van der Waals surface area (Å²) in [6.07, 6.45) is 5.12. The smallest absolute Gasteiger partial charge is 0.332 e. The first kappa shape index (κ1) is 33.0. The van der Waals surface area contributed by atoms with Gasteiger partial charge in [0, 0.05) is 32.4 Å². The Kier molecular flexibility index (Phi) is 12.7. The summed E-state index contributed by atoms with van der Waals surface area (Å²) < 4.78 is 25.3. The standard InChI is InChI=1S/C30H40FN3O3.2ClH/c1-21(2)29-24-13-12-23(31)19-22(24)14-15-30(29,37-28(35)20-36-4)16-18-34(3)17-8-7-11-27-32-25-9-5-6-10-26(25)33-27;;/h5-6,9-10,12-13,19,21,29H,7-8,11,14-18,20H2,1-4H3,(H,32,33);2*1H/t29-,30-;;/m0../s1. The fourth-order valence-corrected chi connectivity index (χ4v) is 5.96. The van der Waals surface area contributed by atoms with Crippen LogP contribution < -0.4 is 0 Å². The fraction of sp³-hybridized carbons (Fsp3) is 0.533. The van der Waals surface area contributed by atoms with Crippen molar-refractivity contribution in [1.82, 2.24) is 14.9 Å². The van der Waals surface area contributed by atoms with E-state index in [0.717, 1.165) is 66.8 Å². The number of nitrogens with zero attached hydrogens (tertiary/aromatic N) is 2. The summed E-state index contributed by atoms with van der Waals surface area (Å²) in [5.41, 5.74) is 3.58. The maximum absolute atomic E-state index is 14.0. The van der Waals surface area contributed by atoms with Crippen LogP contribution in [-0.2, 0) is 27.1 Å². The second-order valence-electron chi connectivity index (χ2n) is 10.7. The van der Waals surface area contributed by atoms with Crippen molar-refractivity contribution in [3.05, 3.63) is 65.2 Å². The number of nitrogens with one attached hydrogen (secondary N) is 1. The van der Waals surface area contributed by atoms with Crippen LogP contribution in [0.25, 0.3) is 11.0 Å². The molecule has 0 bridgehead atoms. The van der Waals surface area contributed by atoms with Gasteiger partial charge < -0.3 is 19.4 Å². The van der Waals surface area contributed by atoms with E-state index in [1.165, 1.54) is 13.2 Å². The van der Waals surface area contributed by atoms with Crippen molar-refractivity contribution < 1.29 is 18.7 Å². The van der Waals surface area contributed by atoms with Gasteiger partial charge in [0.15, 0.2) is 0 Å². The lowest BCUT2D eigenvalue weighted by Gasteiger charge is -2.47. The third kappa shape index (κ3) is 8.16. The number of aromatic nitrogens is 2. The SMILES string of the molecule is COCC(=O)O[C@]1(CCN(C)CCCCc2nc3ccccc3[nH]2)CCc2cc(F)ccc2[C@@H]1C(C)C.Cl.Cl. The summed E-state index contributed by atoms with van der Waals surface area (Å²) in [6.45, 7) is 6.01. The van der Waals surface area contributed by atoms with Gasteiger partial charge in [0.05, 0.1) is 11.0 Å². The minimum Gasteiger partial charge on any atom is -0.457 e. The Balaban J connectivity index is 0.00000267. The van der Waals surface area contributed by atoms with Crippen LogP contribution in [0.3, 0.4) is 0 Å². The monoisotopic (exact) mass is 581 g/mol. The average Bonchev–Trinajstić information content (AvgIpc) is 3.28. The maximum atomic E-state index is 14.0. The summed E-state index contributed by atoms with van der Waals surface area (Å²) in [7, 11) is 3.63. The molecule has 2 aromatic carbocycles. The third-order valence-electron chi connectivity index (χ3n) is 7.63. The number of unbranched alkanes of at least 4 members (excludes halogenated alkanes) is 1. The normalized spacial score (nSPS) is 18.5. The summed E-state index contributed by atoms with van der Waals surface area (Å²) in [5, 5.41) is 0. The number of benzene rings is 2. The predicted molar refractivity (Wildman–Crippen MR) is 159 cm³/mol. The molecule has 0 amide bonds. The molecule has 1 aromatic heterocycles. The Bertz CT molecular complexity index is 1170. The summed E-state index contributed by atoms with van der Waals surface area (Å²) in [6, 6.07) is 13.2. The van der Waals surface area contributed by atoms with Crippen molar-refractivity contribution in [1.29, 1.82) is 0 Å². The molecule has 39 heavy (non-hydrogen) atoms. The lowest BCUT2D eigenvalue weighted by atomic mass is 9.65. The number of carbonyl (C=O) groups is 1. The van der Waals surface area contributed by atoms with Crippen molar-refractivity contribution in [3.8, 4) is 0 Å². The van der Waals surface area contributed by atoms with E-state index in [4.69, 9.17) is 9.47 Å². The van der Waals surface area contributed by atoms with E-state index in [0.29, 0.717) is 12.8 Å². The first-order valence-electron chi connectivity index (χ1n) is 13.4. The molecule has 1 aliphatic rings. The van der Waals surface area contributed by atoms with Crippen molar-refractivity contribution >= 4 is 41.8 Å². The molecule has 3 aromatic rings. The molecular weight excluding hydrogens is 540 g/mol. The van der Waals surface area contributed by atoms with Gasteiger partial charge in [-0.15, -0.1) is 24.8 Å². The Morgan fingerprint density at radius 2 is 1.95 bits per heavy atom. The number of hydrogen-bond acceptors (Lipinski definition) is 5. The molecule has 1 N–H and O–H groups in total. The van der Waals surface area contributed by atoms with Crippen LogP contribution in [-0.4, -0.2) is 60.3 Å². The van der Waals surface area contributed by atoms with Crippen molar-refractivity contribution in [2.24, 2.45) is 5.92 Å². The number of rotatable bonds is 12. The van der Waals surface area contributed by atoms with E-state index in [9.17, 15) is 9.18 Å². The number of methoxy groups -OCH3 is 1. The number of carbonyl (C=O) groups excluding carboxylic acids is 1. The van der Waals surface area contributed by atoms with Gasteiger partial charge in [-0.05, 0) is 80.6 Å². The van der Waals surface area contributed by atoms with Crippen molar-refractivity contribution in [2.45, 2.75) is 63.9 Å². The lowest BCUT2D eigenvalue weighted by Crippen LogP contribution is -2.49. The minimum atomic E-state index is -0.642. The van der Waals surface area contributed by atoms with Gasteiger partial charge in [0.1, 0.15) is 23.8 Å². The van der Waals surface area contributed by atoms with Gasteiger partial charge in [0.25, 0.3) is 0 Å². The van der Waals surface area contributed by atoms with Crippen LogP contribution in [0.5, 0.6) is 0 Å². The molecule has 0 aliphatic heterocycles. The summed E-state index contributed by atoms with van der Waals surface area (Å²) in [4.78, 5) is 23.1. The van der Waals surface area contributed by atoms with Gasteiger partial charge in [-0.2, -0.15) is 0 Å². The zero-order valence-electron chi connectivity index (χ0n) is 23.4. The average molecular weight is 583 g/mol. The number of aryl methyl sites for hydroxylation is 2. The molecule has 0 fully saturated rings. The van der Waals surface area contributed by atoms with E-state index >= 15 is 0 Å². The molecule has 6 nitrogen and oxygen atoms in total. The number of hydrogen-bond donors (Lipinski definition) is 1. The van der Waals surface area contributed by atoms with Gasteiger partial charge in [0.2, 0.25) is 0 Å². The Morgan fingerprint density at radius 3 is 2.67 bits per heavy atom. The molecule has 0 radical (unpaired) electrons. The Hall–Kier alpha value is -2.19. The highest BCUT2D eigenvalue weighted by Crippen LogP contribution is 2.48. The van der Waals surface area contributed by atoms with Crippen LogP contribution in [0.2, 0.25) is 0 Å². The van der Waals surface area contributed by atoms with Gasteiger partial charge >= 0.3 is 5.97 Å². The minimum absolute atomic E-state index is 0. The van der Waals surface area contributed by atoms with Gasteiger partial charge in [-0.1, -0.05) is 32.0 Å². The zero-order chi connectivity index (χ0) is 26.4. The number of aromatic amines is 1. The first-order valence-corrected chi connectivity index (χ1v) is 13.4. The molecule has 1 aliphatic carbocycles. The fourth-order valence-electron chi connectivity index (χ4n) is 5.96. The number of esters is 1. The van der Waals surface area contributed by atoms with Crippen LogP contribution in [0.1, 0.15) is 62.4 Å². The molecule has 216 valence electrons. The van der Waals surface area contributed by atoms with E-state index in [1.54, 1.807) is 6.07 Å². The van der Waals surface area contributed by atoms with Crippen molar-refractivity contribution in [3.63, 3.8) is 0 Å². The first-order chi connectivity index (χ1) is 17.8. The quantitative estimate of drug-likeness (QED) is 0.195. The van der Waals surface area contributed by atoms with E-state index < -0.39 is 5.60 Å². The highest BCUT2D eigenvalue weighted by atomic mass is 35.5. The number of imidazole rings is 1. The highest BCUT2D eigenvalue weighted by molar-refractivity contribution is 5.85. The van der Waals surface area contributed by atoms with Crippen LogP contribution in [0.15, 0.2) is 42.5 Å². The van der Waals surface area contributed by atoms with Gasteiger partial charge in [-0.3, -0.25) is 0 Å². The zero-order valence-corrected chi connectivity index (χ0v) is 25.0. The number of fused-ring (bicyclic) bond motifs is 2. The molecule has 9 heteroatoms. The van der Waals surface area contributed by atoms with Gasteiger partial charge in [-0.25, -0.2) is 14.2 Å². The number of ether oxygens (including phenoxy) is 2. The third-order valence-corrected chi connectivity index (χ3v) is 7.63. The second kappa shape index (κ2) is 15.0. The van der Waals surface area contributed by atoms with Crippen LogP contribution >= 0.6 is 24.8 Å². The van der Waals surface area contributed by atoms with E-state index in [2.05, 4.69) is 41.8 Å². The highest BCUT2D eigenvalue weighted by Gasteiger charge is 2.47. The van der Waals surface area contributed by atoms with Crippen molar-refractivity contribution in [2.75, 3.05) is 33.9 Å². The van der Waals surface area contributed by atoms with E-state index in [1.807, 2.05) is 24.3 Å². The lowest BCUT2D eigenvalue weighted by molar-refractivity contribution is -0.172. The number of halogens is 3. The maximum Gasteiger partial charge on any atom is 0.332 e. The molecular formula is C30H42Cl2FN3O3. The largest absolute Gasteiger partial charge is 0.457 e. The molecule has 0 saturated heterocycles. The Labute approximate surface area is 243 Å². The number of H-pyrrole nitrogens is 1.